The molecule has 0 amide bonds. The van der Waals surface area contributed by atoms with Crippen LogP contribution >= 0.6 is 0 Å². The standard InChI is InChI=1S/C14H21NO/c1-10-4-5-13(11(2)8-10)14-9-12(15-3)6-7-16-14/h4-5,8,12,14-15H,6-7,9H2,1-3H3. The third kappa shape index (κ3) is 2.45. The first-order valence-electron chi connectivity index (χ1n) is 6.06. The van der Waals surface area contributed by atoms with E-state index in [9.17, 15) is 0 Å². The summed E-state index contributed by atoms with van der Waals surface area (Å²) in [5.74, 6) is 0. The molecule has 0 bridgehead atoms. The molecule has 1 aliphatic rings. The topological polar surface area (TPSA) is 21.3 Å². The van der Waals surface area contributed by atoms with Crippen LogP contribution in [0.25, 0.3) is 0 Å². The van der Waals surface area contributed by atoms with E-state index in [4.69, 9.17) is 4.74 Å². The Balaban J connectivity index is 2.16. The minimum atomic E-state index is 0.270. The van der Waals surface area contributed by atoms with Crippen molar-refractivity contribution in [3.05, 3.63) is 34.9 Å². The summed E-state index contributed by atoms with van der Waals surface area (Å²) in [6.45, 7) is 5.17. The lowest BCUT2D eigenvalue weighted by molar-refractivity contribution is 0.00120. The lowest BCUT2D eigenvalue weighted by Gasteiger charge is -2.30. The van der Waals surface area contributed by atoms with E-state index < -0.39 is 0 Å². The smallest absolute Gasteiger partial charge is 0.0842 e. The highest BCUT2D eigenvalue weighted by Crippen LogP contribution is 2.30. The molecule has 1 heterocycles. The second-order valence-corrected chi connectivity index (χ2v) is 4.73. The molecule has 2 rings (SSSR count). The number of nitrogens with one attached hydrogen (secondary N) is 1. The van der Waals surface area contributed by atoms with Gasteiger partial charge >= 0.3 is 0 Å². The molecule has 2 atom stereocenters. The molecule has 1 aromatic rings. The van der Waals surface area contributed by atoms with Crippen molar-refractivity contribution in [2.75, 3.05) is 13.7 Å². The maximum atomic E-state index is 5.88. The second-order valence-electron chi connectivity index (χ2n) is 4.73. The van der Waals surface area contributed by atoms with E-state index in [0.29, 0.717) is 6.04 Å². The van der Waals surface area contributed by atoms with Crippen LogP contribution < -0.4 is 5.32 Å². The molecule has 2 heteroatoms. The molecule has 2 unspecified atom stereocenters. The quantitative estimate of drug-likeness (QED) is 0.826. The minimum Gasteiger partial charge on any atom is -0.373 e. The molecule has 88 valence electrons. The van der Waals surface area contributed by atoms with Gasteiger partial charge in [0.15, 0.2) is 0 Å². The van der Waals surface area contributed by atoms with Crippen LogP contribution in [-0.4, -0.2) is 19.7 Å². The lowest BCUT2D eigenvalue weighted by atomic mass is 9.94. The fourth-order valence-corrected chi connectivity index (χ4v) is 2.46. The summed E-state index contributed by atoms with van der Waals surface area (Å²) in [5, 5.41) is 3.35. The van der Waals surface area contributed by atoms with Crippen molar-refractivity contribution in [3.63, 3.8) is 0 Å². The van der Waals surface area contributed by atoms with Gasteiger partial charge in [-0.25, -0.2) is 0 Å². The molecule has 1 aliphatic heterocycles. The molecule has 1 N–H and O–H groups in total. The Labute approximate surface area is 98.0 Å². The van der Waals surface area contributed by atoms with E-state index >= 15 is 0 Å². The molecule has 0 aromatic heterocycles. The zero-order chi connectivity index (χ0) is 11.5. The van der Waals surface area contributed by atoms with Crippen LogP contribution in [0.5, 0.6) is 0 Å². The number of benzene rings is 1. The van der Waals surface area contributed by atoms with E-state index in [2.05, 4.69) is 37.4 Å². The van der Waals surface area contributed by atoms with E-state index in [1.165, 1.54) is 16.7 Å². The maximum Gasteiger partial charge on any atom is 0.0842 e. The zero-order valence-corrected chi connectivity index (χ0v) is 10.4. The van der Waals surface area contributed by atoms with Gasteiger partial charge in [-0.05, 0) is 44.9 Å². The van der Waals surface area contributed by atoms with Gasteiger partial charge in [0.2, 0.25) is 0 Å². The Hall–Kier alpha value is -0.860. The number of hydrogen-bond acceptors (Lipinski definition) is 2. The predicted octanol–water partition coefficient (Wildman–Crippen LogP) is 2.74. The summed E-state index contributed by atoms with van der Waals surface area (Å²) in [5.41, 5.74) is 4.02. The summed E-state index contributed by atoms with van der Waals surface area (Å²) in [6, 6.07) is 7.23. The number of rotatable bonds is 2. The average Bonchev–Trinajstić information content (AvgIpc) is 2.29. The van der Waals surface area contributed by atoms with Crippen molar-refractivity contribution in [2.45, 2.75) is 38.8 Å². The second kappa shape index (κ2) is 4.98. The van der Waals surface area contributed by atoms with E-state index in [1.807, 2.05) is 7.05 Å². The Morgan fingerprint density at radius 1 is 1.31 bits per heavy atom. The predicted molar refractivity (Wildman–Crippen MR) is 66.7 cm³/mol. The van der Waals surface area contributed by atoms with Gasteiger partial charge < -0.3 is 10.1 Å². The van der Waals surface area contributed by atoms with Gasteiger partial charge in [-0.1, -0.05) is 23.8 Å². The number of hydrogen-bond donors (Lipinski definition) is 1. The largest absolute Gasteiger partial charge is 0.373 e. The summed E-state index contributed by atoms with van der Waals surface area (Å²) in [4.78, 5) is 0. The van der Waals surface area contributed by atoms with Crippen LogP contribution in [0.15, 0.2) is 18.2 Å². The normalized spacial score (nSPS) is 25.7. The van der Waals surface area contributed by atoms with Gasteiger partial charge in [-0.3, -0.25) is 0 Å². The molecule has 0 radical (unpaired) electrons. The fraction of sp³-hybridized carbons (Fsp3) is 0.571. The molecule has 1 fully saturated rings. The van der Waals surface area contributed by atoms with Crippen LogP contribution in [0.3, 0.4) is 0 Å². The van der Waals surface area contributed by atoms with Gasteiger partial charge in [0.1, 0.15) is 0 Å². The van der Waals surface area contributed by atoms with Crippen molar-refractivity contribution in [1.29, 1.82) is 0 Å². The fourth-order valence-electron chi connectivity index (χ4n) is 2.46. The first-order valence-corrected chi connectivity index (χ1v) is 6.06. The highest BCUT2D eigenvalue weighted by molar-refractivity contribution is 5.32. The molecule has 1 saturated heterocycles. The molecular formula is C14H21NO. The number of aryl methyl sites for hydroxylation is 2. The van der Waals surface area contributed by atoms with Crippen LogP contribution in [0, 0.1) is 13.8 Å². The Morgan fingerprint density at radius 2 is 2.12 bits per heavy atom. The van der Waals surface area contributed by atoms with Gasteiger partial charge in [-0.15, -0.1) is 0 Å². The molecule has 0 spiro atoms. The molecule has 0 aliphatic carbocycles. The van der Waals surface area contributed by atoms with Crippen molar-refractivity contribution < 1.29 is 4.74 Å². The Morgan fingerprint density at radius 3 is 2.81 bits per heavy atom. The van der Waals surface area contributed by atoms with Crippen LogP contribution in [-0.2, 0) is 4.74 Å². The minimum absolute atomic E-state index is 0.270. The Bertz CT molecular complexity index is 362. The molecule has 16 heavy (non-hydrogen) atoms. The van der Waals surface area contributed by atoms with E-state index in [1.54, 1.807) is 0 Å². The summed E-state index contributed by atoms with van der Waals surface area (Å²) in [7, 11) is 2.04. The molecule has 1 aromatic carbocycles. The average molecular weight is 219 g/mol. The third-order valence-corrected chi connectivity index (χ3v) is 3.46. The third-order valence-electron chi connectivity index (χ3n) is 3.46. The SMILES string of the molecule is CNC1CCOC(c2ccc(C)cc2C)C1. The van der Waals surface area contributed by atoms with Gasteiger partial charge in [0, 0.05) is 12.6 Å². The highest BCUT2D eigenvalue weighted by atomic mass is 16.5. The summed E-state index contributed by atoms with van der Waals surface area (Å²) >= 11 is 0. The molecule has 0 saturated carbocycles. The van der Waals surface area contributed by atoms with Crippen LogP contribution in [0.2, 0.25) is 0 Å². The van der Waals surface area contributed by atoms with Crippen molar-refractivity contribution in [2.24, 2.45) is 0 Å². The summed E-state index contributed by atoms with van der Waals surface area (Å²) in [6.07, 6.45) is 2.48. The monoisotopic (exact) mass is 219 g/mol. The van der Waals surface area contributed by atoms with E-state index in [0.717, 1.165) is 19.4 Å². The van der Waals surface area contributed by atoms with Gasteiger partial charge in [0.05, 0.1) is 6.10 Å². The highest BCUT2D eigenvalue weighted by Gasteiger charge is 2.23. The maximum absolute atomic E-state index is 5.88. The van der Waals surface area contributed by atoms with Gasteiger partial charge in [0.25, 0.3) is 0 Å². The van der Waals surface area contributed by atoms with Gasteiger partial charge in [-0.2, -0.15) is 0 Å². The van der Waals surface area contributed by atoms with Crippen molar-refractivity contribution in [1.82, 2.24) is 5.32 Å². The Kier molecular flexibility index (Phi) is 3.62. The van der Waals surface area contributed by atoms with Crippen LogP contribution in [0.1, 0.15) is 35.6 Å². The summed E-state index contributed by atoms with van der Waals surface area (Å²) < 4.78 is 5.88. The number of ether oxygens (including phenoxy) is 1. The van der Waals surface area contributed by atoms with Crippen molar-refractivity contribution in [3.8, 4) is 0 Å². The molecule has 2 nitrogen and oxygen atoms in total. The first kappa shape index (κ1) is 11.6. The van der Waals surface area contributed by atoms with E-state index in [-0.39, 0.29) is 6.10 Å². The molecular weight excluding hydrogens is 198 g/mol. The zero-order valence-electron chi connectivity index (χ0n) is 10.4. The lowest BCUT2D eigenvalue weighted by Crippen LogP contribution is -2.33. The van der Waals surface area contributed by atoms with Crippen LogP contribution in [0.4, 0.5) is 0 Å². The van der Waals surface area contributed by atoms with Crippen molar-refractivity contribution >= 4 is 0 Å². The first-order chi connectivity index (χ1) is 7.70.